The SMILES string of the molecule is CCCCc1ncc(CN2CCN(C3CCCCC3)C(CCO)C2)[nH]1. The van der Waals surface area contributed by atoms with Crippen LogP contribution in [0.3, 0.4) is 0 Å². The van der Waals surface area contributed by atoms with E-state index < -0.39 is 0 Å². The van der Waals surface area contributed by atoms with E-state index in [4.69, 9.17) is 0 Å². The molecule has 2 fully saturated rings. The first-order valence-corrected chi connectivity index (χ1v) is 10.4. The minimum Gasteiger partial charge on any atom is -0.396 e. The third-order valence-electron chi connectivity index (χ3n) is 5.96. The van der Waals surface area contributed by atoms with E-state index in [1.807, 2.05) is 6.20 Å². The minimum atomic E-state index is 0.299. The second kappa shape index (κ2) is 9.70. The van der Waals surface area contributed by atoms with Crippen LogP contribution >= 0.6 is 0 Å². The molecule has 5 heteroatoms. The van der Waals surface area contributed by atoms with Crippen molar-refractivity contribution >= 4 is 0 Å². The Kier molecular flexibility index (Phi) is 7.32. The fraction of sp³-hybridized carbons (Fsp3) is 0.850. The molecule has 2 aliphatic rings. The van der Waals surface area contributed by atoms with Crippen molar-refractivity contribution < 1.29 is 5.11 Å². The fourth-order valence-electron chi connectivity index (χ4n) is 4.58. The number of nitrogens with one attached hydrogen (secondary N) is 1. The van der Waals surface area contributed by atoms with Crippen LogP contribution in [0.15, 0.2) is 6.20 Å². The summed E-state index contributed by atoms with van der Waals surface area (Å²) in [7, 11) is 0. The van der Waals surface area contributed by atoms with Crippen LogP contribution in [0.5, 0.6) is 0 Å². The quantitative estimate of drug-likeness (QED) is 0.758. The fourth-order valence-corrected chi connectivity index (χ4v) is 4.58. The molecule has 1 unspecified atom stereocenters. The molecule has 0 bridgehead atoms. The van der Waals surface area contributed by atoms with E-state index in [1.54, 1.807) is 0 Å². The third kappa shape index (κ3) is 5.28. The Morgan fingerprint density at radius 2 is 2.08 bits per heavy atom. The highest BCUT2D eigenvalue weighted by atomic mass is 16.3. The first-order valence-electron chi connectivity index (χ1n) is 10.4. The Hall–Kier alpha value is -0.910. The Morgan fingerprint density at radius 3 is 2.84 bits per heavy atom. The van der Waals surface area contributed by atoms with E-state index in [9.17, 15) is 5.11 Å². The molecule has 1 saturated heterocycles. The lowest BCUT2D eigenvalue weighted by Crippen LogP contribution is -2.56. The second-order valence-corrected chi connectivity index (χ2v) is 7.89. The van der Waals surface area contributed by atoms with Gasteiger partial charge < -0.3 is 10.1 Å². The molecule has 3 rings (SSSR count). The summed E-state index contributed by atoms with van der Waals surface area (Å²) >= 11 is 0. The number of imidazole rings is 1. The summed E-state index contributed by atoms with van der Waals surface area (Å²) in [6, 6.07) is 1.25. The normalized spacial score (nSPS) is 24.0. The van der Waals surface area contributed by atoms with Crippen LogP contribution in [-0.2, 0) is 13.0 Å². The molecule has 1 aromatic heterocycles. The predicted octanol–water partition coefficient (Wildman–Crippen LogP) is 2.95. The Balaban J connectivity index is 1.54. The number of aromatic nitrogens is 2. The van der Waals surface area contributed by atoms with Gasteiger partial charge >= 0.3 is 0 Å². The van der Waals surface area contributed by atoms with Gasteiger partial charge in [0.1, 0.15) is 5.82 Å². The van der Waals surface area contributed by atoms with Crippen LogP contribution in [-0.4, -0.2) is 63.2 Å². The zero-order valence-corrected chi connectivity index (χ0v) is 15.9. The van der Waals surface area contributed by atoms with Gasteiger partial charge in [-0.15, -0.1) is 0 Å². The van der Waals surface area contributed by atoms with E-state index in [2.05, 4.69) is 26.7 Å². The molecule has 25 heavy (non-hydrogen) atoms. The molecule has 2 N–H and O–H groups in total. The van der Waals surface area contributed by atoms with Crippen molar-refractivity contribution in [2.45, 2.75) is 83.3 Å². The lowest BCUT2D eigenvalue weighted by molar-refractivity contribution is 0.0133. The summed E-state index contributed by atoms with van der Waals surface area (Å²) in [5, 5.41) is 9.54. The average molecular weight is 349 g/mol. The highest BCUT2D eigenvalue weighted by Gasteiger charge is 2.32. The van der Waals surface area contributed by atoms with Gasteiger partial charge in [-0.05, 0) is 25.7 Å². The minimum absolute atomic E-state index is 0.299. The number of aliphatic hydroxyl groups is 1. The molecule has 142 valence electrons. The molecular weight excluding hydrogens is 312 g/mol. The van der Waals surface area contributed by atoms with E-state index in [1.165, 1.54) is 50.6 Å². The smallest absolute Gasteiger partial charge is 0.106 e. The van der Waals surface area contributed by atoms with Crippen LogP contribution in [0.25, 0.3) is 0 Å². The largest absolute Gasteiger partial charge is 0.396 e. The number of hydrogen-bond acceptors (Lipinski definition) is 4. The maximum Gasteiger partial charge on any atom is 0.106 e. The summed E-state index contributed by atoms with van der Waals surface area (Å²) < 4.78 is 0. The lowest BCUT2D eigenvalue weighted by Gasteiger charge is -2.46. The van der Waals surface area contributed by atoms with E-state index in [0.717, 1.165) is 50.9 Å². The average Bonchev–Trinajstić information content (AvgIpc) is 3.08. The number of aliphatic hydroxyl groups excluding tert-OH is 1. The topological polar surface area (TPSA) is 55.4 Å². The van der Waals surface area contributed by atoms with Crippen molar-refractivity contribution in [2.75, 3.05) is 26.2 Å². The number of aromatic amines is 1. The molecule has 1 aliphatic carbocycles. The lowest BCUT2D eigenvalue weighted by atomic mass is 9.92. The van der Waals surface area contributed by atoms with E-state index >= 15 is 0 Å². The van der Waals surface area contributed by atoms with Crippen molar-refractivity contribution in [1.29, 1.82) is 0 Å². The van der Waals surface area contributed by atoms with E-state index in [-0.39, 0.29) is 0 Å². The zero-order chi connectivity index (χ0) is 17.5. The highest BCUT2D eigenvalue weighted by molar-refractivity contribution is 5.02. The summed E-state index contributed by atoms with van der Waals surface area (Å²) in [4.78, 5) is 13.3. The molecule has 0 radical (unpaired) electrons. The van der Waals surface area contributed by atoms with Gasteiger partial charge in [-0.2, -0.15) is 0 Å². The summed E-state index contributed by atoms with van der Waals surface area (Å²) in [5.74, 6) is 1.13. The van der Waals surface area contributed by atoms with Gasteiger partial charge in [0, 0.05) is 63.2 Å². The molecule has 1 atom stereocenters. The van der Waals surface area contributed by atoms with Gasteiger partial charge in [0.15, 0.2) is 0 Å². The van der Waals surface area contributed by atoms with Gasteiger partial charge in [0.2, 0.25) is 0 Å². The van der Waals surface area contributed by atoms with Crippen LogP contribution < -0.4 is 0 Å². The number of nitrogens with zero attached hydrogens (tertiary/aromatic N) is 3. The Bertz CT molecular complexity index is 498. The Morgan fingerprint density at radius 1 is 1.24 bits per heavy atom. The molecule has 2 heterocycles. The molecule has 1 aromatic rings. The maximum absolute atomic E-state index is 9.54. The summed E-state index contributed by atoms with van der Waals surface area (Å²) in [6.07, 6.45) is 13.2. The number of rotatable bonds is 8. The highest BCUT2D eigenvalue weighted by Crippen LogP contribution is 2.27. The van der Waals surface area contributed by atoms with Crippen molar-refractivity contribution in [3.05, 3.63) is 17.7 Å². The zero-order valence-electron chi connectivity index (χ0n) is 15.9. The number of hydrogen-bond donors (Lipinski definition) is 2. The van der Waals surface area contributed by atoms with Crippen molar-refractivity contribution in [3.63, 3.8) is 0 Å². The van der Waals surface area contributed by atoms with Gasteiger partial charge in [-0.25, -0.2) is 4.98 Å². The second-order valence-electron chi connectivity index (χ2n) is 7.89. The predicted molar refractivity (Wildman–Crippen MR) is 102 cm³/mol. The van der Waals surface area contributed by atoms with Gasteiger partial charge in [-0.3, -0.25) is 9.80 Å². The number of unbranched alkanes of at least 4 members (excludes halogenated alkanes) is 1. The van der Waals surface area contributed by atoms with Crippen molar-refractivity contribution in [3.8, 4) is 0 Å². The van der Waals surface area contributed by atoms with Crippen LogP contribution in [0.4, 0.5) is 0 Å². The van der Waals surface area contributed by atoms with Crippen LogP contribution in [0.2, 0.25) is 0 Å². The third-order valence-corrected chi connectivity index (χ3v) is 5.96. The molecule has 1 aliphatic heterocycles. The summed E-state index contributed by atoms with van der Waals surface area (Å²) in [5.41, 5.74) is 1.24. The maximum atomic E-state index is 9.54. The first-order chi connectivity index (χ1) is 12.3. The molecular formula is C20H36N4O. The molecule has 0 amide bonds. The first kappa shape index (κ1) is 18.9. The van der Waals surface area contributed by atoms with Gasteiger partial charge in [-0.1, -0.05) is 32.6 Å². The van der Waals surface area contributed by atoms with Crippen LogP contribution in [0, 0.1) is 0 Å². The van der Waals surface area contributed by atoms with Crippen molar-refractivity contribution in [2.24, 2.45) is 0 Å². The standard InChI is InChI=1S/C20H36N4O/c1-2-3-9-20-21-14-17(22-20)15-23-11-12-24(19(16-23)10-13-25)18-7-5-4-6-8-18/h14,18-19,25H,2-13,15-16H2,1H3,(H,21,22). The molecule has 1 saturated carbocycles. The number of aryl methyl sites for hydroxylation is 1. The van der Waals surface area contributed by atoms with Gasteiger partial charge in [0.25, 0.3) is 0 Å². The van der Waals surface area contributed by atoms with Gasteiger partial charge in [0.05, 0.1) is 0 Å². The monoisotopic (exact) mass is 348 g/mol. The summed E-state index contributed by atoms with van der Waals surface area (Å²) in [6.45, 7) is 6.82. The van der Waals surface area contributed by atoms with Crippen LogP contribution in [0.1, 0.15) is 69.8 Å². The number of piperazine rings is 1. The molecule has 0 aromatic carbocycles. The van der Waals surface area contributed by atoms with Crippen molar-refractivity contribution in [1.82, 2.24) is 19.8 Å². The molecule has 5 nitrogen and oxygen atoms in total. The van der Waals surface area contributed by atoms with E-state index in [0.29, 0.717) is 12.6 Å². The number of H-pyrrole nitrogens is 1. The molecule has 0 spiro atoms. The Labute approximate surface area is 152 Å².